The van der Waals surface area contributed by atoms with E-state index in [0.29, 0.717) is 25.6 Å². The second-order valence-electron chi connectivity index (χ2n) is 9.23. The van der Waals surface area contributed by atoms with Gasteiger partial charge in [0.05, 0.1) is 28.5 Å². The first-order valence-corrected chi connectivity index (χ1v) is 12.3. The molecule has 4 rings (SSSR count). The molecule has 5 nitrogen and oxygen atoms in total. The number of benzene rings is 2. The van der Waals surface area contributed by atoms with E-state index in [4.69, 9.17) is 16.3 Å². The number of aromatic nitrogens is 1. The van der Waals surface area contributed by atoms with Gasteiger partial charge in [-0.1, -0.05) is 80.1 Å². The Balaban J connectivity index is 1.92. The maximum Gasteiger partial charge on any atom is 0.338 e. The molecule has 0 N–H and O–H groups in total. The second kappa shape index (κ2) is 9.35. The predicted octanol–water partition coefficient (Wildman–Crippen LogP) is 4.75. The number of nitrogens with zero attached hydrogens (tertiary/aromatic N) is 2. The molecule has 3 aromatic rings. The standard InChI is InChI=1S/C27H27ClN2O3S/c1-6-33-25(32)22-16(2)29-26-30(23(22)18-9-11-19(12-10-18)27(3,4)5)24(31)21(34-26)15-17-7-13-20(28)14-8-17/h7-15,23H,6H2,1-5H3. The van der Waals surface area contributed by atoms with Gasteiger partial charge in [-0.25, -0.2) is 9.79 Å². The van der Waals surface area contributed by atoms with Gasteiger partial charge in [-0.3, -0.25) is 9.36 Å². The molecule has 34 heavy (non-hydrogen) atoms. The van der Waals surface area contributed by atoms with Gasteiger partial charge in [-0.05, 0) is 54.2 Å². The molecule has 0 saturated heterocycles. The van der Waals surface area contributed by atoms with E-state index in [1.807, 2.05) is 30.3 Å². The normalized spacial score (nSPS) is 16.3. The number of allylic oxidation sites excluding steroid dienone is 1. The van der Waals surface area contributed by atoms with Crippen molar-refractivity contribution >= 4 is 35.0 Å². The molecule has 0 fully saturated rings. The predicted molar refractivity (Wildman–Crippen MR) is 137 cm³/mol. The van der Waals surface area contributed by atoms with Crippen LogP contribution in [-0.4, -0.2) is 17.1 Å². The maximum absolute atomic E-state index is 13.6. The summed E-state index contributed by atoms with van der Waals surface area (Å²) in [6.07, 6.45) is 1.82. The molecule has 0 spiro atoms. The number of thiazole rings is 1. The van der Waals surface area contributed by atoms with Crippen LogP contribution in [0.1, 0.15) is 57.4 Å². The Morgan fingerprint density at radius 1 is 1.15 bits per heavy atom. The second-order valence-corrected chi connectivity index (χ2v) is 10.7. The zero-order valence-electron chi connectivity index (χ0n) is 19.9. The van der Waals surface area contributed by atoms with Crippen LogP contribution >= 0.6 is 22.9 Å². The molecule has 0 bridgehead atoms. The van der Waals surface area contributed by atoms with Gasteiger partial charge in [0, 0.05) is 5.02 Å². The summed E-state index contributed by atoms with van der Waals surface area (Å²) in [5, 5.41) is 0.631. The van der Waals surface area contributed by atoms with Crippen molar-refractivity contribution in [3.8, 4) is 0 Å². The quantitative estimate of drug-likeness (QED) is 0.492. The maximum atomic E-state index is 13.6. The van der Waals surface area contributed by atoms with Crippen molar-refractivity contribution in [1.82, 2.24) is 4.57 Å². The molecule has 1 aliphatic rings. The van der Waals surface area contributed by atoms with Gasteiger partial charge in [-0.2, -0.15) is 0 Å². The molecule has 2 heterocycles. The SMILES string of the molecule is CCOC(=O)C1=C(C)N=c2sc(=Cc3ccc(Cl)cc3)c(=O)n2C1c1ccc(C(C)(C)C)cc1. The van der Waals surface area contributed by atoms with Crippen LogP contribution in [0.15, 0.2) is 69.6 Å². The molecule has 1 aliphatic heterocycles. The van der Waals surface area contributed by atoms with E-state index >= 15 is 0 Å². The summed E-state index contributed by atoms with van der Waals surface area (Å²) in [6, 6.07) is 14.8. The molecular weight excluding hydrogens is 468 g/mol. The van der Waals surface area contributed by atoms with Gasteiger partial charge in [0.15, 0.2) is 4.80 Å². The summed E-state index contributed by atoms with van der Waals surface area (Å²) < 4.78 is 7.51. The highest BCUT2D eigenvalue weighted by Gasteiger charge is 2.33. The number of carbonyl (C=O) groups excluding carboxylic acids is 1. The lowest BCUT2D eigenvalue weighted by atomic mass is 9.85. The Hall–Kier alpha value is -2.96. The molecule has 0 radical (unpaired) electrons. The fourth-order valence-corrected chi connectivity index (χ4v) is 5.16. The van der Waals surface area contributed by atoms with Gasteiger partial charge >= 0.3 is 5.97 Å². The number of halogens is 1. The van der Waals surface area contributed by atoms with Crippen molar-refractivity contribution in [2.75, 3.05) is 6.61 Å². The van der Waals surface area contributed by atoms with Crippen molar-refractivity contribution in [3.05, 3.63) is 101 Å². The third kappa shape index (κ3) is 4.65. The fraction of sp³-hybridized carbons (Fsp3) is 0.296. The van der Waals surface area contributed by atoms with E-state index in [2.05, 4.69) is 37.9 Å². The van der Waals surface area contributed by atoms with Gasteiger partial charge in [0.1, 0.15) is 0 Å². The lowest BCUT2D eigenvalue weighted by Gasteiger charge is -2.26. The number of rotatable bonds is 4. The van der Waals surface area contributed by atoms with Crippen molar-refractivity contribution in [3.63, 3.8) is 0 Å². The van der Waals surface area contributed by atoms with Crippen molar-refractivity contribution in [2.24, 2.45) is 4.99 Å². The van der Waals surface area contributed by atoms with Gasteiger partial charge < -0.3 is 4.74 Å². The minimum Gasteiger partial charge on any atom is -0.463 e. The average Bonchev–Trinajstić information content (AvgIpc) is 3.08. The molecule has 176 valence electrons. The fourth-order valence-electron chi connectivity index (χ4n) is 3.98. The third-order valence-corrected chi connectivity index (χ3v) is 7.01. The molecule has 1 aromatic heterocycles. The van der Waals surface area contributed by atoms with E-state index in [9.17, 15) is 9.59 Å². The lowest BCUT2D eigenvalue weighted by molar-refractivity contribution is -0.139. The molecule has 1 unspecified atom stereocenters. The van der Waals surface area contributed by atoms with E-state index < -0.39 is 12.0 Å². The van der Waals surface area contributed by atoms with E-state index in [0.717, 1.165) is 11.1 Å². The number of ether oxygens (including phenoxy) is 1. The van der Waals surface area contributed by atoms with Gasteiger partial charge in [0.2, 0.25) is 0 Å². The molecule has 0 saturated carbocycles. The van der Waals surface area contributed by atoms with Gasteiger partial charge in [0.25, 0.3) is 5.56 Å². The lowest BCUT2D eigenvalue weighted by Crippen LogP contribution is -2.40. The molecular formula is C27H27ClN2O3S. The Labute approximate surface area is 207 Å². The number of carbonyl (C=O) groups is 1. The van der Waals surface area contributed by atoms with Crippen molar-refractivity contribution < 1.29 is 9.53 Å². The van der Waals surface area contributed by atoms with Crippen LogP contribution in [0.25, 0.3) is 6.08 Å². The number of esters is 1. The summed E-state index contributed by atoms with van der Waals surface area (Å²) in [7, 11) is 0. The Bertz CT molecular complexity index is 1440. The monoisotopic (exact) mass is 494 g/mol. The van der Waals surface area contributed by atoms with Crippen LogP contribution < -0.4 is 14.9 Å². The van der Waals surface area contributed by atoms with Crippen LogP contribution in [0.5, 0.6) is 0 Å². The Morgan fingerprint density at radius 2 is 1.79 bits per heavy atom. The van der Waals surface area contributed by atoms with Gasteiger partial charge in [-0.15, -0.1) is 0 Å². The summed E-state index contributed by atoms with van der Waals surface area (Å²) in [4.78, 5) is 31.8. The van der Waals surface area contributed by atoms with Crippen molar-refractivity contribution in [2.45, 2.75) is 46.1 Å². The summed E-state index contributed by atoms with van der Waals surface area (Å²) in [6.45, 7) is 10.2. The van der Waals surface area contributed by atoms with Crippen LogP contribution in [0.4, 0.5) is 0 Å². The van der Waals surface area contributed by atoms with E-state index in [1.54, 1.807) is 30.5 Å². The Morgan fingerprint density at radius 3 is 2.38 bits per heavy atom. The number of hydrogen-bond acceptors (Lipinski definition) is 5. The van der Waals surface area contributed by atoms with Crippen LogP contribution in [0.3, 0.4) is 0 Å². The highest BCUT2D eigenvalue weighted by Crippen LogP contribution is 2.32. The van der Waals surface area contributed by atoms with E-state index in [1.165, 1.54) is 16.9 Å². The van der Waals surface area contributed by atoms with E-state index in [-0.39, 0.29) is 17.6 Å². The minimum absolute atomic E-state index is 0.0127. The molecule has 1 atom stereocenters. The highest BCUT2D eigenvalue weighted by molar-refractivity contribution is 7.07. The van der Waals surface area contributed by atoms with Crippen LogP contribution in [-0.2, 0) is 14.9 Å². The molecule has 2 aromatic carbocycles. The Kier molecular flexibility index (Phi) is 6.65. The largest absolute Gasteiger partial charge is 0.463 e. The third-order valence-electron chi connectivity index (χ3n) is 5.78. The minimum atomic E-state index is -0.614. The summed E-state index contributed by atoms with van der Waals surface area (Å²) >= 11 is 7.31. The van der Waals surface area contributed by atoms with Crippen LogP contribution in [0, 0.1) is 0 Å². The summed E-state index contributed by atoms with van der Waals surface area (Å²) in [5.74, 6) is -0.458. The zero-order valence-corrected chi connectivity index (χ0v) is 21.5. The topological polar surface area (TPSA) is 60.7 Å². The molecule has 7 heteroatoms. The number of fused-ring (bicyclic) bond motifs is 1. The highest BCUT2D eigenvalue weighted by atomic mass is 35.5. The summed E-state index contributed by atoms with van der Waals surface area (Å²) in [5.41, 5.74) is 3.61. The zero-order chi connectivity index (χ0) is 24.6. The van der Waals surface area contributed by atoms with Crippen LogP contribution in [0.2, 0.25) is 5.02 Å². The number of hydrogen-bond donors (Lipinski definition) is 0. The molecule has 0 aliphatic carbocycles. The molecule has 0 amide bonds. The first kappa shape index (κ1) is 24.2. The van der Waals surface area contributed by atoms with Crippen molar-refractivity contribution in [1.29, 1.82) is 0 Å². The average molecular weight is 495 g/mol. The smallest absolute Gasteiger partial charge is 0.338 e. The first-order chi connectivity index (χ1) is 16.1. The first-order valence-electron chi connectivity index (χ1n) is 11.2.